The normalized spacial score (nSPS) is 15.4. The van der Waals surface area contributed by atoms with E-state index in [1.807, 2.05) is 6.07 Å². The fourth-order valence-electron chi connectivity index (χ4n) is 3.25. The van der Waals surface area contributed by atoms with Crippen LogP contribution in [-0.4, -0.2) is 25.3 Å². The summed E-state index contributed by atoms with van der Waals surface area (Å²) in [5.74, 6) is 0.435. The maximum Gasteiger partial charge on any atom is 0.337 e. The number of aryl methyl sites for hydroxylation is 1. The lowest BCUT2D eigenvalue weighted by atomic mass is 9.87. The van der Waals surface area contributed by atoms with Crippen LogP contribution in [0, 0.1) is 0 Å². The lowest BCUT2D eigenvalue weighted by Gasteiger charge is -2.28. The molecule has 1 aliphatic carbocycles. The minimum atomic E-state index is -0.427. The summed E-state index contributed by atoms with van der Waals surface area (Å²) in [5, 5.41) is 7.37. The Morgan fingerprint density at radius 3 is 2.78 bits per heavy atom. The van der Waals surface area contributed by atoms with E-state index < -0.39 is 5.97 Å². The van der Waals surface area contributed by atoms with Crippen molar-refractivity contribution in [3.8, 4) is 5.75 Å². The van der Waals surface area contributed by atoms with Gasteiger partial charge >= 0.3 is 5.97 Å². The summed E-state index contributed by atoms with van der Waals surface area (Å²) in [4.78, 5) is 11.7. The van der Waals surface area contributed by atoms with Crippen molar-refractivity contribution in [3.63, 3.8) is 0 Å². The molecular formula is C20H21ClN2O3S. The molecule has 2 N–H and O–H groups in total. The molecule has 0 fully saturated rings. The second-order valence-corrected chi connectivity index (χ2v) is 7.11. The standard InChI is InChI=1S/C20H21ClN2O3S/c1-25-14-7-8-15-12(10-14)4-3-5-17(15)22-20(27)23-18-11-13(19(24)26-2)6-9-16(18)21/h6-11,17H,3-5H2,1-2H3,(H2,22,23,27)/t17-/m1/s1. The zero-order valence-electron chi connectivity index (χ0n) is 15.2. The molecule has 1 aliphatic rings. The van der Waals surface area contributed by atoms with Crippen LogP contribution in [0.1, 0.15) is 40.4 Å². The van der Waals surface area contributed by atoms with Gasteiger partial charge in [0.1, 0.15) is 5.75 Å². The zero-order chi connectivity index (χ0) is 19.4. The van der Waals surface area contributed by atoms with Crippen LogP contribution >= 0.6 is 23.8 Å². The Kier molecular flexibility index (Phi) is 6.19. The predicted molar refractivity (Wildman–Crippen MR) is 111 cm³/mol. The SMILES string of the molecule is COC(=O)c1ccc(Cl)c(NC(=S)N[C@@H]2CCCc3cc(OC)ccc32)c1. The Bertz CT molecular complexity index is 872. The molecule has 0 aromatic heterocycles. The van der Waals surface area contributed by atoms with E-state index in [1.54, 1.807) is 25.3 Å². The first-order valence-electron chi connectivity index (χ1n) is 8.64. The quantitative estimate of drug-likeness (QED) is 0.578. The van der Waals surface area contributed by atoms with E-state index >= 15 is 0 Å². The molecule has 0 heterocycles. The van der Waals surface area contributed by atoms with E-state index in [2.05, 4.69) is 22.8 Å². The molecule has 0 radical (unpaired) electrons. The van der Waals surface area contributed by atoms with Gasteiger partial charge in [0.05, 0.1) is 36.5 Å². The number of thiocarbonyl (C=S) groups is 1. The van der Waals surface area contributed by atoms with Gasteiger partial charge in [-0.2, -0.15) is 0 Å². The maximum atomic E-state index is 11.7. The lowest BCUT2D eigenvalue weighted by molar-refractivity contribution is 0.0601. The Morgan fingerprint density at radius 2 is 2.04 bits per heavy atom. The molecule has 0 saturated carbocycles. The van der Waals surface area contributed by atoms with Crippen LogP contribution in [0.2, 0.25) is 5.02 Å². The molecule has 0 saturated heterocycles. The molecule has 27 heavy (non-hydrogen) atoms. The number of carbonyl (C=O) groups is 1. The molecule has 3 rings (SSSR count). The molecule has 0 aliphatic heterocycles. The number of carbonyl (C=O) groups excluding carboxylic acids is 1. The third kappa shape index (κ3) is 4.51. The van der Waals surface area contributed by atoms with Crippen LogP contribution in [-0.2, 0) is 11.2 Å². The number of benzene rings is 2. The van der Waals surface area contributed by atoms with Gasteiger partial charge in [-0.15, -0.1) is 0 Å². The molecule has 0 spiro atoms. The molecule has 5 nitrogen and oxygen atoms in total. The van der Waals surface area contributed by atoms with Gasteiger partial charge in [-0.1, -0.05) is 17.7 Å². The van der Waals surface area contributed by atoms with E-state index in [-0.39, 0.29) is 6.04 Å². The largest absolute Gasteiger partial charge is 0.497 e. The fourth-order valence-corrected chi connectivity index (χ4v) is 3.67. The highest BCUT2D eigenvalue weighted by Gasteiger charge is 2.21. The van der Waals surface area contributed by atoms with Crippen molar-refractivity contribution in [3.05, 3.63) is 58.1 Å². The third-order valence-electron chi connectivity index (χ3n) is 4.61. The highest BCUT2D eigenvalue weighted by Crippen LogP contribution is 2.32. The van der Waals surface area contributed by atoms with E-state index in [1.165, 1.54) is 18.2 Å². The number of anilines is 1. The topological polar surface area (TPSA) is 59.6 Å². The Labute approximate surface area is 169 Å². The number of ether oxygens (including phenoxy) is 2. The monoisotopic (exact) mass is 404 g/mol. The molecule has 7 heteroatoms. The van der Waals surface area contributed by atoms with Crippen LogP contribution in [0.15, 0.2) is 36.4 Å². The molecule has 0 amide bonds. The van der Waals surface area contributed by atoms with E-state index in [0.29, 0.717) is 21.4 Å². The van der Waals surface area contributed by atoms with Crippen LogP contribution in [0.3, 0.4) is 0 Å². The first-order chi connectivity index (χ1) is 13.0. The molecule has 1 atom stereocenters. The first-order valence-corrected chi connectivity index (χ1v) is 9.42. The highest BCUT2D eigenvalue weighted by molar-refractivity contribution is 7.80. The molecule has 0 bridgehead atoms. The minimum Gasteiger partial charge on any atom is -0.497 e. The van der Waals surface area contributed by atoms with Gasteiger partial charge in [0, 0.05) is 0 Å². The summed E-state index contributed by atoms with van der Waals surface area (Å²) < 4.78 is 10.1. The number of halogens is 1. The van der Waals surface area contributed by atoms with Crippen LogP contribution in [0.25, 0.3) is 0 Å². The van der Waals surface area contributed by atoms with Gasteiger partial charge in [0.25, 0.3) is 0 Å². The zero-order valence-corrected chi connectivity index (χ0v) is 16.7. The van der Waals surface area contributed by atoms with E-state index in [4.69, 9.17) is 33.3 Å². The Hall–Kier alpha value is -2.31. The molecule has 2 aromatic carbocycles. The molecule has 142 valence electrons. The highest BCUT2D eigenvalue weighted by atomic mass is 35.5. The second kappa shape index (κ2) is 8.59. The Morgan fingerprint density at radius 1 is 1.22 bits per heavy atom. The maximum absolute atomic E-state index is 11.7. The minimum absolute atomic E-state index is 0.113. The molecular weight excluding hydrogens is 384 g/mol. The second-order valence-electron chi connectivity index (χ2n) is 6.29. The van der Waals surface area contributed by atoms with Gasteiger partial charge in [-0.05, 0) is 72.9 Å². The average molecular weight is 405 g/mol. The van der Waals surface area contributed by atoms with Gasteiger partial charge in [-0.3, -0.25) is 0 Å². The van der Waals surface area contributed by atoms with E-state index in [0.717, 1.165) is 25.0 Å². The van der Waals surface area contributed by atoms with Crippen molar-refractivity contribution in [1.29, 1.82) is 0 Å². The Balaban J connectivity index is 1.73. The third-order valence-corrected chi connectivity index (χ3v) is 5.15. The predicted octanol–water partition coefficient (Wildman–Crippen LogP) is 4.50. The smallest absolute Gasteiger partial charge is 0.337 e. The summed E-state index contributed by atoms with van der Waals surface area (Å²) in [6.45, 7) is 0. The number of rotatable bonds is 4. The number of hydrogen-bond donors (Lipinski definition) is 2. The number of fused-ring (bicyclic) bond motifs is 1. The van der Waals surface area contributed by atoms with E-state index in [9.17, 15) is 4.79 Å². The van der Waals surface area contributed by atoms with Crippen molar-refractivity contribution < 1.29 is 14.3 Å². The molecule has 0 unspecified atom stereocenters. The van der Waals surface area contributed by atoms with Crippen LogP contribution in [0.4, 0.5) is 5.69 Å². The number of hydrogen-bond acceptors (Lipinski definition) is 4. The van der Waals surface area contributed by atoms with Crippen molar-refractivity contribution in [2.45, 2.75) is 25.3 Å². The van der Waals surface area contributed by atoms with Crippen LogP contribution in [0.5, 0.6) is 5.75 Å². The number of nitrogens with one attached hydrogen (secondary N) is 2. The first kappa shape index (κ1) is 19.5. The van der Waals surface area contributed by atoms with Crippen molar-refractivity contribution in [1.82, 2.24) is 5.32 Å². The summed E-state index contributed by atoms with van der Waals surface area (Å²) in [7, 11) is 3.01. The average Bonchev–Trinajstić information content (AvgIpc) is 2.68. The number of methoxy groups -OCH3 is 2. The van der Waals surface area contributed by atoms with Crippen LogP contribution < -0.4 is 15.4 Å². The number of esters is 1. The van der Waals surface area contributed by atoms with Gasteiger partial charge in [0.2, 0.25) is 0 Å². The van der Waals surface area contributed by atoms with Gasteiger partial charge in [0.15, 0.2) is 5.11 Å². The summed E-state index contributed by atoms with van der Waals surface area (Å²) >= 11 is 11.7. The van der Waals surface area contributed by atoms with Gasteiger partial charge < -0.3 is 20.1 Å². The van der Waals surface area contributed by atoms with Crippen molar-refractivity contribution in [2.75, 3.05) is 19.5 Å². The summed E-state index contributed by atoms with van der Waals surface area (Å²) in [5.41, 5.74) is 3.46. The summed E-state index contributed by atoms with van der Waals surface area (Å²) in [6.07, 6.45) is 3.08. The van der Waals surface area contributed by atoms with Crippen molar-refractivity contribution >= 4 is 40.6 Å². The lowest BCUT2D eigenvalue weighted by Crippen LogP contribution is -2.34. The van der Waals surface area contributed by atoms with Gasteiger partial charge in [-0.25, -0.2) is 4.79 Å². The molecule has 2 aromatic rings. The van der Waals surface area contributed by atoms with Crippen molar-refractivity contribution in [2.24, 2.45) is 0 Å². The fraction of sp³-hybridized carbons (Fsp3) is 0.300. The summed E-state index contributed by atoms with van der Waals surface area (Å²) in [6, 6.07) is 11.1.